The number of thiophene rings is 1. The average molecular weight is 464 g/mol. The van der Waals surface area contributed by atoms with Crippen LogP contribution in [-0.2, 0) is 16.0 Å². The smallest absolute Gasteiger partial charge is 0.227 e. The van der Waals surface area contributed by atoms with Crippen molar-refractivity contribution in [2.45, 2.75) is 25.7 Å². The topological polar surface area (TPSA) is 43.9 Å². The summed E-state index contributed by atoms with van der Waals surface area (Å²) in [4.78, 5) is 33.4. The van der Waals surface area contributed by atoms with Gasteiger partial charge in [-0.3, -0.25) is 14.5 Å². The molecule has 1 saturated carbocycles. The van der Waals surface area contributed by atoms with E-state index in [0.717, 1.165) is 70.0 Å². The van der Waals surface area contributed by atoms with Gasteiger partial charge in [-0.15, -0.1) is 11.3 Å². The van der Waals surface area contributed by atoms with Crippen molar-refractivity contribution in [1.29, 1.82) is 0 Å². The Bertz CT molecular complexity index is 972. The maximum Gasteiger partial charge on any atom is 0.227 e. The fraction of sp³-hybridized carbons (Fsp3) is 0.481. The Kier molecular flexibility index (Phi) is 6.65. The van der Waals surface area contributed by atoms with Crippen molar-refractivity contribution < 1.29 is 9.59 Å². The number of hydrogen-bond donors (Lipinski definition) is 0. The van der Waals surface area contributed by atoms with Crippen molar-refractivity contribution in [2.75, 3.05) is 45.8 Å². The number of nitrogens with zero attached hydrogens (tertiary/aromatic N) is 3. The molecule has 0 bridgehead atoms. The van der Waals surface area contributed by atoms with E-state index in [9.17, 15) is 9.59 Å². The Balaban J connectivity index is 1.04. The molecule has 3 fully saturated rings. The molecule has 3 aliphatic rings. The van der Waals surface area contributed by atoms with Crippen LogP contribution in [0.25, 0.3) is 6.08 Å². The highest BCUT2D eigenvalue weighted by atomic mass is 32.1. The molecule has 5 rings (SSSR count). The van der Waals surface area contributed by atoms with Gasteiger partial charge in [-0.05, 0) is 41.7 Å². The van der Waals surface area contributed by atoms with E-state index in [1.165, 1.54) is 5.56 Å². The zero-order chi connectivity index (χ0) is 22.7. The zero-order valence-corrected chi connectivity index (χ0v) is 20.0. The highest BCUT2D eigenvalue weighted by molar-refractivity contribution is 7.10. The third-order valence-corrected chi connectivity index (χ3v) is 8.54. The lowest BCUT2D eigenvalue weighted by atomic mass is 9.90. The third kappa shape index (κ3) is 5.22. The van der Waals surface area contributed by atoms with E-state index in [2.05, 4.69) is 46.2 Å². The first-order valence-electron chi connectivity index (χ1n) is 12.2. The Morgan fingerprint density at radius 1 is 0.939 bits per heavy atom. The van der Waals surface area contributed by atoms with E-state index < -0.39 is 0 Å². The van der Waals surface area contributed by atoms with Crippen molar-refractivity contribution in [3.05, 3.63) is 64.4 Å². The number of benzene rings is 1. The van der Waals surface area contributed by atoms with E-state index in [1.807, 2.05) is 28.5 Å². The monoisotopic (exact) mass is 463 g/mol. The molecule has 33 heavy (non-hydrogen) atoms. The van der Waals surface area contributed by atoms with Gasteiger partial charge in [0.25, 0.3) is 0 Å². The predicted octanol–water partition coefficient (Wildman–Crippen LogP) is 3.78. The molecule has 1 unspecified atom stereocenters. The van der Waals surface area contributed by atoms with E-state index in [0.29, 0.717) is 12.3 Å². The summed E-state index contributed by atoms with van der Waals surface area (Å²) in [6.45, 7) is 6.07. The Labute approximate surface area is 200 Å². The van der Waals surface area contributed by atoms with Gasteiger partial charge in [0, 0.05) is 56.6 Å². The normalized spacial score (nSPS) is 22.7. The van der Waals surface area contributed by atoms with Crippen LogP contribution in [-0.4, -0.2) is 72.3 Å². The van der Waals surface area contributed by atoms with Crippen molar-refractivity contribution in [1.82, 2.24) is 14.7 Å². The van der Waals surface area contributed by atoms with E-state index in [1.54, 1.807) is 11.3 Å². The average Bonchev–Trinajstić information content (AvgIpc) is 3.28. The standard InChI is InChI=1S/C27H33N3O2S/c31-25(20-23-9-5-19-33-23)29-13-10-27(11-14-29)21-24(27)26(32)30-17-15-28(16-18-30)12-4-8-22-6-2-1-3-7-22/h1-9,19,24H,10-18,20-21H2/b8-4+. The molecule has 2 aliphatic heterocycles. The summed E-state index contributed by atoms with van der Waals surface area (Å²) in [6, 6.07) is 14.4. The molecular weight excluding hydrogens is 430 g/mol. The van der Waals surface area contributed by atoms with Gasteiger partial charge in [0.15, 0.2) is 0 Å². The van der Waals surface area contributed by atoms with Gasteiger partial charge in [0.2, 0.25) is 11.8 Å². The number of amides is 2. The van der Waals surface area contributed by atoms with Gasteiger partial charge in [0.05, 0.1) is 6.42 Å². The molecular formula is C27H33N3O2S. The molecule has 1 atom stereocenters. The number of likely N-dealkylation sites (tertiary alicyclic amines) is 1. The first-order chi connectivity index (χ1) is 16.1. The summed E-state index contributed by atoms with van der Waals surface area (Å²) in [5.74, 6) is 0.762. The maximum atomic E-state index is 13.2. The lowest BCUT2D eigenvalue weighted by Crippen LogP contribution is -2.49. The number of piperazine rings is 1. The first-order valence-corrected chi connectivity index (χ1v) is 13.0. The second-order valence-electron chi connectivity index (χ2n) is 9.69. The molecule has 1 aliphatic carbocycles. The quantitative estimate of drug-likeness (QED) is 0.655. The van der Waals surface area contributed by atoms with Crippen LogP contribution in [0.4, 0.5) is 0 Å². The number of piperidine rings is 1. The van der Waals surface area contributed by atoms with Crippen LogP contribution >= 0.6 is 11.3 Å². The first kappa shape index (κ1) is 22.4. The second kappa shape index (κ2) is 9.82. The summed E-state index contributed by atoms with van der Waals surface area (Å²) in [5.41, 5.74) is 1.39. The van der Waals surface area contributed by atoms with Crippen molar-refractivity contribution in [3.8, 4) is 0 Å². The van der Waals surface area contributed by atoms with Gasteiger partial charge in [-0.25, -0.2) is 0 Å². The van der Waals surface area contributed by atoms with Gasteiger partial charge in [-0.2, -0.15) is 0 Å². The van der Waals surface area contributed by atoms with Crippen molar-refractivity contribution in [2.24, 2.45) is 11.3 Å². The van der Waals surface area contributed by atoms with Crippen LogP contribution in [0.3, 0.4) is 0 Å². The zero-order valence-electron chi connectivity index (χ0n) is 19.2. The summed E-state index contributed by atoms with van der Waals surface area (Å²) >= 11 is 1.65. The molecule has 0 N–H and O–H groups in total. The SMILES string of the molecule is O=C(Cc1cccs1)N1CCC2(CC1)CC2C(=O)N1CCN(C/C=C/c2ccccc2)CC1. The van der Waals surface area contributed by atoms with Crippen LogP contribution < -0.4 is 0 Å². The molecule has 174 valence electrons. The van der Waals surface area contributed by atoms with E-state index in [-0.39, 0.29) is 17.2 Å². The minimum Gasteiger partial charge on any atom is -0.342 e. The van der Waals surface area contributed by atoms with Gasteiger partial charge >= 0.3 is 0 Å². The van der Waals surface area contributed by atoms with E-state index in [4.69, 9.17) is 0 Å². The van der Waals surface area contributed by atoms with Crippen molar-refractivity contribution in [3.63, 3.8) is 0 Å². The molecule has 5 nitrogen and oxygen atoms in total. The lowest BCUT2D eigenvalue weighted by Gasteiger charge is -2.36. The predicted molar refractivity (Wildman–Crippen MR) is 133 cm³/mol. The molecule has 2 saturated heterocycles. The Hall–Kier alpha value is -2.44. The molecule has 2 aromatic rings. The fourth-order valence-corrected chi connectivity index (χ4v) is 6.09. The molecule has 1 aromatic carbocycles. The van der Waals surface area contributed by atoms with Crippen LogP contribution in [0, 0.1) is 11.3 Å². The number of carbonyl (C=O) groups is 2. The third-order valence-electron chi connectivity index (χ3n) is 7.66. The van der Waals surface area contributed by atoms with Crippen molar-refractivity contribution >= 4 is 29.2 Å². The molecule has 2 amide bonds. The molecule has 3 heterocycles. The number of rotatable bonds is 6. The van der Waals surface area contributed by atoms with Crippen LogP contribution in [0.5, 0.6) is 0 Å². The summed E-state index contributed by atoms with van der Waals surface area (Å²) in [5, 5.41) is 2.02. The Morgan fingerprint density at radius 3 is 2.39 bits per heavy atom. The van der Waals surface area contributed by atoms with Gasteiger partial charge in [-0.1, -0.05) is 48.6 Å². The molecule has 1 spiro atoms. The molecule has 0 radical (unpaired) electrons. The number of hydrogen-bond acceptors (Lipinski definition) is 4. The number of carbonyl (C=O) groups excluding carboxylic acids is 2. The van der Waals surface area contributed by atoms with Gasteiger partial charge < -0.3 is 9.80 Å². The molecule has 1 aromatic heterocycles. The minimum absolute atomic E-state index is 0.159. The minimum atomic E-state index is 0.159. The van der Waals surface area contributed by atoms with Crippen LogP contribution in [0.1, 0.15) is 29.7 Å². The van der Waals surface area contributed by atoms with Gasteiger partial charge in [0.1, 0.15) is 0 Å². The summed E-state index contributed by atoms with van der Waals surface area (Å²) < 4.78 is 0. The highest BCUT2D eigenvalue weighted by Crippen LogP contribution is 2.60. The largest absolute Gasteiger partial charge is 0.342 e. The fourth-order valence-electron chi connectivity index (χ4n) is 5.40. The van der Waals surface area contributed by atoms with Crippen LogP contribution in [0.2, 0.25) is 0 Å². The summed E-state index contributed by atoms with van der Waals surface area (Å²) in [6.07, 6.45) is 7.86. The maximum absolute atomic E-state index is 13.2. The molecule has 6 heteroatoms. The van der Waals surface area contributed by atoms with E-state index >= 15 is 0 Å². The van der Waals surface area contributed by atoms with Crippen LogP contribution in [0.15, 0.2) is 53.9 Å². The lowest BCUT2D eigenvalue weighted by molar-refractivity contribution is -0.135. The summed E-state index contributed by atoms with van der Waals surface area (Å²) in [7, 11) is 0. The second-order valence-corrected chi connectivity index (χ2v) is 10.7. The Morgan fingerprint density at radius 2 is 1.70 bits per heavy atom. The highest BCUT2D eigenvalue weighted by Gasteiger charge is 2.59.